The number of hydrogen-bond donors (Lipinski definition) is 3. The third-order valence-corrected chi connectivity index (χ3v) is 4.33. The molecule has 1 heterocycles. The zero-order valence-electron chi connectivity index (χ0n) is 13.6. The number of aromatic carboxylic acids is 1. The van der Waals surface area contributed by atoms with Gasteiger partial charge in [0.25, 0.3) is 5.91 Å². The summed E-state index contributed by atoms with van der Waals surface area (Å²) < 4.78 is 0. The number of carbonyl (C=O) groups is 2. The number of rotatable bonds is 4. The highest BCUT2D eigenvalue weighted by Gasteiger charge is 2.19. The minimum atomic E-state index is -1.16. The maximum Gasteiger partial charge on any atom is 0.352 e. The summed E-state index contributed by atoms with van der Waals surface area (Å²) in [7, 11) is 0. The molecule has 0 atom stereocenters. The molecule has 0 unspecified atom stereocenters. The molecule has 0 spiro atoms. The predicted octanol–water partition coefficient (Wildman–Crippen LogP) is 5.21. The summed E-state index contributed by atoms with van der Waals surface area (Å²) in [5, 5.41) is 13.4. The second kappa shape index (κ2) is 7.23. The van der Waals surface area contributed by atoms with Crippen LogP contribution < -0.4 is 5.32 Å². The Morgan fingerprint density at radius 2 is 1.85 bits per heavy atom. The van der Waals surface area contributed by atoms with E-state index in [2.05, 4.69) is 10.3 Å². The van der Waals surface area contributed by atoms with Gasteiger partial charge in [-0.2, -0.15) is 0 Å². The van der Waals surface area contributed by atoms with Gasteiger partial charge in [0, 0.05) is 32.7 Å². The van der Waals surface area contributed by atoms with E-state index in [0.29, 0.717) is 37.8 Å². The highest BCUT2D eigenvalue weighted by Crippen LogP contribution is 2.34. The Labute approximate surface area is 159 Å². The number of carbonyl (C=O) groups excluding carboxylic acids is 1. The zero-order valence-corrected chi connectivity index (χ0v) is 15.2. The lowest BCUT2D eigenvalue weighted by Crippen LogP contribution is -2.12. The largest absolute Gasteiger partial charge is 0.477 e. The van der Waals surface area contributed by atoms with Crippen molar-refractivity contribution in [2.24, 2.45) is 0 Å². The van der Waals surface area contributed by atoms with Crippen LogP contribution in [-0.4, -0.2) is 22.0 Å². The molecule has 0 aliphatic carbocycles. The summed E-state index contributed by atoms with van der Waals surface area (Å²) in [4.78, 5) is 26.8. The molecule has 0 saturated heterocycles. The van der Waals surface area contributed by atoms with E-state index in [1.807, 2.05) is 6.07 Å². The summed E-state index contributed by atoms with van der Waals surface area (Å²) in [5.41, 5.74) is 1.74. The molecule has 3 rings (SSSR count). The number of fused-ring (bicyclic) bond motifs is 1. The molecule has 7 heteroatoms. The lowest BCUT2D eigenvalue weighted by molar-refractivity contribution is -0.112. The number of aromatic nitrogens is 1. The number of halogens is 2. The van der Waals surface area contributed by atoms with Gasteiger partial charge in [-0.25, -0.2) is 4.79 Å². The number of hydrogen-bond acceptors (Lipinski definition) is 2. The van der Waals surface area contributed by atoms with Crippen LogP contribution in [0.25, 0.3) is 17.0 Å². The van der Waals surface area contributed by atoms with Crippen molar-refractivity contribution in [1.29, 1.82) is 0 Å². The summed E-state index contributed by atoms with van der Waals surface area (Å²) in [6.45, 7) is 1.60. The van der Waals surface area contributed by atoms with Crippen molar-refractivity contribution in [2.45, 2.75) is 6.92 Å². The van der Waals surface area contributed by atoms with Crippen molar-refractivity contribution in [3.8, 4) is 0 Å². The monoisotopic (exact) mass is 388 g/mol. The molecule has 1 aromatic heterocycles. The van der Waals surface area contributed by atoms with Gasteiger partial charge in [0.1, 0.15) is 5.69 Å². The van der Waals surface area contributed by atoms with Crippen LogP contribution in [0.1, 0.15) is 23.0 Å². The van der Waals surface area contributed by atoms with Crippen LogP contribution in [0.4, 0.5) is 5.69 Å². The van der Waals surface area contributed by atoms with E-state index in [-0.39, 0.29) is 11.6 Å². The summed E-state index contributed by atoms with van der Waals surface area (Å²) in [5.74, 6) is -1.50. The van der Waals surface area contributed by atoms with Gasteiger partial charge in [0.15, 0.2) is 0 Å². The van der Waals surface area contributed by atoms with E-state index in [1.165, 1.54) is 12.1 Å². The molecule has 0 bridgehead atoms. The summed E-state index contributed by atoms with van der Waals surface area (Å²) in [6, 6.07) is 12.1. The Kier molecular flexibility index (Phi) is 5.02. The molecule has 0 aliphatic rings. The van der Waals surface area contributed by atoms with Gasteiger partial charge in [-0.05, 0) is 37.3 Å². The number of benzene rings is 2. The second-order valence-corrected chi connectivity index (χ2v) is 6.52. The lowest BCUT2D eigenvalue weighted by Gasteiger charge is -2.06. The number of anilines is 1. The van der Waals surface area contributed by atoms with Gasteiger partial charge in [0.05, 0.1) is 5.02 Å². The number of amides is 1. The topological polar surface area (TPSA) is 82.2 Å². The highest BCUT2D eigenvalue weighted by molar-refractivity contribution is 6.39. The molecule has 0 fully saturated rings. The van der Waals surface area contributed by atoms with Crippen molar-refractivity contribution in [2.75, 3.05) is 5.32 Å². The Morgan fingerprint density at radius 1 is 1.15 bits per heavy atom. The highest BCUT2D eigenvalue weighted by atomic mass is 35.5. The SMILES string of the molecule is C/C(=C/c1c(C(=O)O)[nH]c2cc(Cl)cc(Cl)c12)C(=O)Nc1ccccc1. The summed E-state index contributed by atoms with van der Waals surface area (Å²) >= 11 is 12.2. The van der Waals surface area contributed by atoms with Crippen LogP contribution in [0.15, 0.2) is 48.0 Å². The minimum Gasteiger partial charge on any atom is -0.477 e. The predicted molar refractivity (Wildman–Crippen MR) is 104 cm³/mol. The Morgan fingerprint density at radius 3 is 2.50 bits per heavy atom. The van der Waals surface area contributed by atoms with Crippen molar-refractivity contribution in [1.82, 2.24) is 4.98 Å². The quantitative estimate of drug-likeness (QED) is 0.536. The molecule has 5 nitrogen and oxygen atoms in total. The average molecular weight is 389 g/mol. The number of carboxylic acids is 1. The van der Waals surface area contributed by atoms with Crippen LogP contribution >= 0.6 is 23.2 Å². The molecule has 0 saturated carbocycles. The first-order valence-corrected chi connectivity index (χ1v) is 8.41. The Hall–Kier alpha value is -2.76. The van der Waals surface area contributed by atoms with E-state index < -0.39 is 5.97 Å². The molecule has 132 valence electrons. The number of para-hydroxylation sites is 1. The zero-order chi connectivity index (χ0) is 18.8. The molecular weight excluding hydrogens is 375 g/mol. The van der Waals surface area contributed by atoms with Gasteiger partial charge in [-0.15, -0.1) is 0 Å². The first-order valence-electron chi connectivity index (χ1n) is 7.65. The number of nitrogens with one attached hydrogen (secondary N) is 2. The average Bonchev–Trinajstić information content (AvgIpc) is 2.94. The maximum absolute atomic E-state index is 12.4. The smallest absolute Gasteiger partial charge is 0.352 e. The van der Waals surface area contributed by atoms with Crippen LogP contribution in [0, 0.1) is 0 Å². The molecule has 0 aliphatic heterocycles. The normalized spacial score (nSPS) is 11.6. The lowest BCUT2D eigenvalue weighted by atomic mass is 10.1. The first kappa shape index (κ1) is 18.0. The van der Waals surface area contributed by atoms with E-state index >= 15 is 0 Å². The minimum absolute atomic E-state index is 0.0592. The van der Waals surface area contributed by atoms with Gasteiger partial charge < -0.3 is 15.4 Å². The standard InChI is InChI=1S/C19H14Cl2N2O3/c1-10(18(24)22-12-5-3-2-4-6-12)7-13-16-14(21)8-11(20)9-15(16)23-17(13)19(25)26/h2-9,23H,1H3,(H,22,24)(H,25,26)/b10-7-. The Balaban J connectivity index is 2.06. The van der Waals surface area contributed by atoms with E-state index in [4.69, 9.17) is 23.2 Å². The van der Waals surface area contributed by atoms with Crippen LogP contribution in [0.5, 0.6) is 0 Å². The number of H-pyrrole nitrogens is 1. The van der Waals surface area contributed by atoms with Crippen molar-refractivity contribution in [3.63, 3.8) is 0 Å². The van der Waals surface area contributed by atoms with Gasteiger partial charge in [-0.1, -0.05) is 41.4 Å². The van der Waals surface area contributed by atoms with Gasteiger partial charge in [0.2, 0.25) is 0 Å². The van der Waals surface area contributed by atoms with Crippen LogP contribution in [0.2, 0.25) is 10.0 Å². The fourth-order valence-electron chi connectivity index (χ4n) is 2.62. The second-order valence-electron chi connectivity index (χ2n) is 5.68. The number of aromatic amines is 1. The molecule has 3 aromatic rings. The van der Waals surface area contributed by atoms with E-state index in [9.17, 15) is 14.7 Å². The van der Waals surface area contributed by atoms with E-state index in [1.54, 1.807) is 37.3 Å². The van der Waals surface area contributed by atoms with Gasteiger partial charge in [-0.3, -0.25) is 4.79 Å². The Bertz CT molecular complexity index is 1040. The van der Waals surface area contributed by atoms with Crippen LogP contribution in [0.3, 0.4) is 0 Å². The fourth-order valence-corrected chi connectivity index (χ4v) is 3.21. The van der Waals surface area contributed by atoms with Gasteiger partial charge >= 0.3 is 5.97 Å². The molecule has 0 radical (unpaired) electrons. The molecule has 1 amide bonds. The van der Waals surface area contributed by atoms with Crippen molar-refractivity contribution >= 4 is 57.7 Å². The molecule has 3 N–H and O–H groups in total. The maximum atomic E-state index is 12.4. The molecule has 2 aromatic carbocycles. The third-order valence-electron chi connectivity index (χ3n) is 3.82. The molecule has 26 heavy (non-hydrogen) atoms. The van der Waals surface area contributed by atoms with E-state index in [0.717, 1.165) is 0 Å². The first-order chi connectivity index (χ1) is 12.4. The van der Waals surface area contributed by atoms with Crippen LogP contribution in [-0.2, 0) is 4.79 Å². The summed E-state index contributed by atoms with van der Waals surface area (Å²) in [6.07, 6.45) is 1.50. The fraction of sp³-hybridized carbons (Fsp3) is 0.0526. The van der Waals surface area contributed by atoms with Crippen molar-refractivity contribution in [3.05, 3.63) is 69.3 Å². The van der Waals surface area contributed by atoms with Crippen molar-refractivity contribution < 1.29 is 14.7 Å². The molecular formula is C19H14Cl2N2O3. The third kappa shape index (κ3) is 3.59. The number of carboxylic acid groups (broad SMARTS) is 1.